The highest BCUT2D eigenvalue weighted by molar-refractivity contribution is 5.81. The van der Waals surface area contributed by atoms with Gasteiger partial charge in [0, 0.05) is 13.0 Å². The number of hydrogen-bond acceptors (Lipinski definition) is 5. The third-order valence-electron chi connectivity index (χ3n) is 3.27. The van der Waals surface area contributed by atoms with Gasteiger partial charge in [0.15, 0.2) is 0 Å². The molecule has 0 spiro atoms. The van der Waals surface area contributed by atoms with E-state index in [0.717, 1.165) is 0 Å². The van der Waals surface area contributed by atoms with Crippen LogP contribution in [0.5, 0.6) is 0 Å². The van der Waals surface area contributed by atoms with E-state index < -0.39 is 12.1 Å². The number of nitrogens with two attached hydrogens (primary N) is 1. The van der Waals surface area contributed by atoms with Crippen LogP contribution in [0.2, 0.25) is 0 Å². The van der Waals surface area contributed by atoms with Crippen molar-refractivity contribution < 1.29 is 19.1 Å². The molecule has 1 saturated heterocycles. The molecule has 0 bridgehead atoms. The average molecular weight is 268 g/mol. The number of carbonyl (C=O) groups is 1. The summed E-state index contributed by atoms with van der Waals surface area (Å²) in [6, 6.07) is 2.72. The van der Waals surface area contributed by atoms with Crippen molar-refractivity contribution >= 4 is 5.91 Å². The maximum absolute atomic E-state index is 12.0. The summed E-state index contributed by atoms with van der Waals surface area (Å²) >= 11 is 0. The summed E-state index contributed by atoms with van der Waals surface area (Å²) in [7, 11) is 0. The minimum absolute atomic E-state index is 0.111. The van der Waals surface area contributed by atoms with Gasteiger partial charge in [-0.1, -0.05) is 0 Å². The lowest BCUT2D eigenvalue weighted by Gasteiger charge is -2.37. The van der Waals surface area contributed by atoms with Crippen LogP contribution in [-0.4, -0.2) is 47.8 Å². The number of aliphatic hydroxyl groups excluding tert-OH is 1. The molecule has 0 radical (unpaired) electrons. The van der Waals surface area contributed by atoms with Crippen LogP contribution in [0.4, 0.5) is 0 Å². The zero-order chi connectivity index (χ0) is 13.8. The number of carbonyl (C=O) groups excluding carboxylic acids is 1. The SMILES string of the molecule is CC(N)C(=O)N1CCOCC1CC(O)c1ccco1. The molecule has 1 amide bonds. The standard InChI is InChI=1S/C13H20N2O4/c1-9(14)13(17)15-4-6-18-8-10(15)7-11(16)12-3-2-5-19-12/h2-3,5,9-11,16H,4,6-8,14H2,1H3. The van der Waals surface area contributed by atoms with Crippen LogP contribution < -0.4 is 5.73 Å². The Labute approximate surface area is 112 Å². The van der Waals surface area contributed by atoms with E-state index in [4.69, 9.17) is 14.9 Å². The second kappa shape index (κ2) is 6.18. The lowest BCUT2D eigenvalue weighted by atomic mass is 10.0. The van der Waals surface area contributed by atoms with Crippen LogP contribution in [0.25, 0.3) is 0 Å². The second-order valence-electron chi connectivity index (χ2n) is 4.82. The van der Waals surface area contributed by atoms with Crippen molar-refractivity contribution in [2.75, 3.05) is 19.8 Å². The average Bonchev–Trinajstić information content (AvgIpc) is 2.92. The largest absolute Gasteiger partial charge is 0.467 e. The Hall–Kier alpha value is -1.37. The van der Waals surface area contributed by atoms with E-state index in [2.05, 4.69) is 0 Å². The van der Waals surface area contributed by atoms with Crippen molar-refractivity contribution in [2.45, 2.75) is 31.5 Å². The smallest absolute Gasteiger partial charge is 0.239 e. The number of hydrogen-bond donors (Lipinski definition) is 2. The molecular weight excluding hydrogens is 248 g/mol. The Morgan fingerprint density at radius 1 is 1.68 bits per heavy atom. The fraction of sp³-hybridized carbons (Fsp3) is 0.615. The highest BCUT2D eigenvalue weighted by atomic mass is 16.5. The van der Waals surface area contributed by atoms with E-state index in [1.165, 1.54) is 6.26 Å². The van der Waals surface area contributed by atoms with Gasteiger partial charge in [-0.2, -0.15) is 0 Å². The molecule has 106 valence electrons. The summed E-state index contributed by atoms with van der Waals surface area (Å²) in [6.45, 7) is 3.09. The highest BCUT2D eigenvalue weighted by Crippen LogP contribution is 2.23. The first-order chi connectivity index (χ1) is 9.09. The molecule has 6 nitrogen and oxygen atoms in total. The molecule has 0 saturated carbocycles. The summed E-state index contributed by atoms with van der Waals surface area (Å²) in [5, 5.41) is 10.1. The Bertz CT molecular complexity index is 405. The highest BCUT2D eigenvalue weighted by Gasteiger charge is 2.31. The van der Waals surface area contributed by atoms with Crippen molar-refractivity contribution in [3.05, 3.63) is 24.2 Å². The molecule has 2 heterocycles. The van der Waals surface area contributed by atoms with Gasteiger partial charge in [0.2, 0.25) is 5.91 Å². The summed E-state index contributed by atoms with van der Waals surface area (Å²) in [5.41, 5.74) is 5.64. The van der Waals surface area contributed by atoms with E-state index in [1.807, 2.05) is 0 Å². The second-order valence-corrected chi connectivity index (χ2v) is 4.82. The van der Waals surface area contributed by atoms with Crippen LogP contribution in [0.15, 0.2) is 22.8 Å². The third-order valence-corrected chi connectivity index (χ3v) is 3.27. The molecule has 6 heteroatoms. The predicted octanol–water partition coefficient (Wildman–Crippen LogP) is 0.278. The van der Waals surface area contributed by atoms with E-state index in [9.17, 15) is 9.90 Å². The Morgan fingerprint density at radius 3 is 3.11 bits per heavy atom. The Morgan fingerprint density at radius 2 is 2.47 bits per heavy atom. The van der Waals surface area contributed by atoms with E-state index in [1.54, 1.807) is 24.0 Å². The first kappa shape index (κ1) is 14.0. The fourth-order valence-corrected chi connectivity index (χ4v) is 2.26. The molecule has 3 N–H and O–H groups in total. The van der Waals surface area contributed by atoms with Crippen molar-refractivity contribution in [1.82, 2.24) is 4.90 Å². The number of nitrogens with zero attached hydrogens (tertiary/aromatic N) is 1. The van der Waals surface area contributed by atoms with Crippen LogP contribution >= 0.6 is 0 Å². The molecule has 1 aliphatic heterocycles. The molecule has 2 rings (SSSR count). The summed E-state index contributed by atoms with van der Waals surface area (Å²) in [5.74, 6) is 0.388. The van der Waals surface area contributed by atoms with Crippen LogP contribution in [0.3, 0.4) is 0 Å². The van der Waals surface area contributed by atoms with Gasteiger partial charge in [-0.15, -0.1) is 0 Å². The molecule has 0 aliphatic carbocycles. The number of aliphatic hydroxyl groups is 1. The van der Waals surface area contributed by atoms with Gasteiger partial charge in [0.1, 0.15) is 11.9 Å². The number of morpholine rings is 1. The van der Waals surface area contributed by atoms with Crippen LogP contribution in [0, 0.1) is 0 Å². The molecule has 1 aromatic heterocycles. The van der Waals surface area contributed by atoms with Crippen molar-refractivity contribution in [3.8, 4) is 0 Å². The van der Waals surface area contributed by atoms with Crippen molar-refractivity contribution in [1.29, 1.82) is 0 Å². The van der Waals surface area contributed by atoms with Gasteiger partial charge in [0.25, 0.3) is 0 Å². The quantitative estimate of drug-likeness (QED) is 0.818. The van der Waals surface area contributed by atoms with Crippen molar-refractivity contribution in [2.24, 2.45) is 5.73 Å². The molecule has 0 aromatic carbocycles. The maximum atomic E-state index is 12.0. The van der Waals surface area contributed by atoms with E-state index in [-0.39, 0.29) is 11.9 Å². The van der Waals surface area contributed by atoms with Crippen molar-refractivity contribution in [3.63, 3.8) is 0 Å². The minimum Gasteiger partial charge on any atom is -0.467 e. The number of rotatable bonds is 4. The molecular formula is C13H20N2O4. The van der Waals surface area contributed by atoms with Crippen LogP contribution in [0.1, 0.15) is 25.2 Å². The molecule has 3 unspecified atom stereocenters. The minimum atomic E-state index is -0.745. The third kappa shape index (κ3) is 3.34. The topological polar surface area (TPSA) is 88.9 Å². The summed E-state index contributed by atoms with van der Waals surface area (Å²) in [6.07, 6.45) is 1.15. The van der Waals surface area contributed by atoms with E-state index >= 15 is 0 Å². The number of ether oxygens (including phenoxy) is 1. The molecule has 1 aromatic rings. The van der Waals surface area contributed by atoms with Gasteiger partial charge in [-0.25, -0.2) is 0 Å². The Balaban J connectivity index is 2.01. The normalized spacial score (nSPS) is 23.1. The maximum Gasteiger partial charge on any atom is 0.239 e. The van der Waals surface area contributed by atoms with Gasteiger partial charge < -0.3 is 24.9 Å². The zero-order valence-corrected chi connectivity index (χ0v) is 11.0. The fourth-order valence-electron chi connectivity index (χ4n) is 2.26. The first-order valence-electron chi connectivity index (χ1n) is 6.45. The zero-order valence-electron chi connectivity index (χ0n) is 11.0. The molecule has 1 fully saturated rings. The first-order valence-corrected chi connectivity index (χ1v) is 6.45. The molecule has 3 atom stereocenters. The Kier molecular flexibility index (Phi) is 4.57. The number of amides is 1. The monoisotopic (exact) mass is 268 g/mol. The molecule has 1 aliphatic rings. The van der Waals surface area contributed by atoms with Crippen LogP contribution in [-0.2, 0) is 9.53 Å². The number of furan rings is 1. The summed E-state index contributed by atoms with van der Waals surface area (Å²) < 4.78 is 10.5. The predicted molar refractivity (Wildman–Crippen MR) is 68.3 cm³/mol. The van der Waals surface area contributed by atoms with Gasteiger partial charge in [-0.3, -0.25) is 4.79 Å². The van der Waals surface area contributed by atoms with Gasteiger partial charge in [-0.05, 0) is 19.1 Å². The van der Waals surface area contributed by atoms with E-state index in [0.29, 0.717) is 31.9 Å². The van der Waals surface area contributed by atoms with Gasteiger partial charge >= 0.3 is 0 Å². The lowest BCUT2D eigenvalue weighted by molar-refractivity contribution is -0.142. The summed E-state index contributed by atoms with van der Waals surface area (Å²) in [4.78, 5) is 13.7. The van der Waals surface area contributed by atoms with Gasteiger partial charge in [0.05, 0.1) is 31.6 Å². The lowest BCUT2D eigenvalue weighted by Crippen LogP contribution is -2.53. The molecule has 19 heavy (non-hydrogen) atoms.